The van der Waals surface area contributed by atoms with Gasteiger partial charge in [0.1, 0.15) is 41.7 Å². The fraction of sp³-hybridized carbons (Fsp3) is 0.855. The molecule has 0 bridgehead atoms. The third-order valence-corrected chi connectivity index (χ3v) is 19.7. The third kappa shape index (κ3) is 9.75. The fourth-order valence-corrected chi connectivity index (χ4v) is 15.2. The van der Waals surface area contributed by atoms with Crippen LogP contribution in [0.2, 0.25) is 0 Å². The quantitative estimate of drug-likeness (QED) is 0.129. The molecule has 4 aliphatic heterocycles. The van der Waals surface area contributed by atoms with E-state index in [-0.39, 0.29) is 50.2 Å². The summed E-state index contributed by atoms with van der Waals surface area (Å²) in [5.74, 6) is -1.63. The van der Waals surface area contributed by atoms with Crippen molar-refractivity contribution in [2.24, 2.45) is 22.7 Å². The Morgan fingerprint density at radius 2 is 1.14 bits per heavy atom. The molecule has 0 aromatic heterocycles. The Morgan fingerprint density at radius 3 is 1.69 bits per heavy atom. The predicted octanol–water partition coefficient (Wildman–Crippen LogP) is 4.26. The Balaban J connectivity index is 0.790. The van der Waals surface area contributed by atoms with Crippen molar-refractivity contribution in [1.29, 1.82) is 0 Å². The topological polar surface area (TPSA) is 246 Å². The predicted molar refractivity (Wildman–Crippen MR) is 261 cm³/mol. The van der Waals surface area contributed by atoms with Gasteiger partial charge in [0, 0.05) is 47.0 Å². The van der Waals surface area contributed by atoms with Gasteiger partial charge in [0.05, 0.1) is 71.5 Å². The SMILES string of the molecule is CO[C@@H]1C[C@H](O[C@@H]2[C@@H](C)O[C@@H](O[C@@H]3[C@@H](C)O[C@@H](O[C@H]4[C@@H](O)C[C@H](O[C@H]5CC[C@@]6(C)[C@@H](CC[C@]7(O)[C@@H]6C[C@@H](OC(=O)c6ccccc6)[C@@]6(C)[C@]7(O)CC[C@@]6(O)C(C)=O)C5)O[C@@H]4C)C[C@H]3OC)C[C@H]2OC)O[C@H](C)[C@H]1O. The number of methoxy groups -OCH3 is 3. The molecule has 0 amide bonds. The number of benzene rings is 1. The highest BCUT2D eigenvalue weighted by Gasteiger charge is 2.82. The van der Waals surface area contributed by atoms with E-state index in [2.05, 4.69) is 6.92 Å². The lowest BCUT2D eigenvalue weighted by Crippen LogP contribution is -2.79. The number of carbonyl (C=O) groups is 2. The van der Waals surface area contributed by atoms with Crippen LogP contribution >= 0.6 is 0 Å². The maximum absolute atomic E-state index is 13.7. The summed E-state index contributed by atoms with van der Waals surface area (Å²) < 4.78 is 74.8. The standard InChI is InChI=1S/C55H84O19/c1-28-46(58)37(63-8)24-43(66-28)73-48-31(4)69-45(26-39(48)65-10)74-49-30(3)68-44(25-38(49)64-9)72-47-29(2)67-42(23-36(47)57)70-35-17-18-51(6)34(22-35)16-19-54(61)40(51)27-41(71-50(59)33-14-12-11-13-15-33)52(7)53(60,32(5)56)20-21-55(52,54)62/h11-15,28-31,34-49,57-58,60-62H,16-27H2,1-10H3/t28-,29-,30-,31-,34+,35+,36+,37-,38-,39-,40-,41-,42+,43+,44+,45+,46-,47-,48-,49-,51+,52-,53-,54+,55-/m1/s1. The number of hydrogen-bond donors (Lipinski definition) is 5. The van der Waals surface area contributed by atoms with Crippen LogP contribution in [0.25, 0.3) is 0 Å². The molecule has 1 aromatic rings. The minimum atomic E-state index is -2.03. The molecule has 0 radical (unpaired) electrons. The van der Waals surface area contributed by atoms with Gasteiger partial charge in [-0.2, -0.15) is 0 Å². The van der Waals surface area contributed by atoms with Gasteiger partial charge >= 0.3 is 5.97 Å². The third-order valence-electron chi connectivity index (χ3n) is 19.7. The Bertz CT molecular complexity index is 2090. The zero-order valence-electron chi connectivity index (χ0n) is 44.9. The Hall–Kier alpha value is -2.28. The molecule has 25 atom stereocenters. The highest BCUT2D eigenvalue weighted by atomic mass is 16.8. The number of hydrogen-bond acceptors (Lipinski definition) is 19. The summed E-state index contributed by atoms with van der Waals surface area (Å²) in [7, 11) is 4.79. The maximum atomic E-state index is 13.7. The van der Waals surface area contributed by atoms with Gasteiger partial charge in [-0.15, -0.1) is 0 Å². The molecule has 4 saturated carbocycles. The van der Waals surface area contributed by atoms with E-state index in [0.29, 0.717) is 50.5 Å². The highest BCUT2D eigenvalue weighted by Crippen LogP contribution is 2.72. The summed E-state index contributed by atoms with van der Waals surface area (Å²) in [6.45, 7) is 12.5. The van der Waals surface area contributed by atoms with Crippen molar-refractivity contribution in [3.8, 4) is 0 Å². The Labute approximate surface area is 435 Å². The number of esters is 1. The summed E-state index contributed by atoms with van der Waals surface area (Å²) in [5, 5.41) is 60.1. The molecule has 418 valence electrons. The summed E-state index contributed by atoms with van der Waals surface area (Å²) in [6.07, 6.45) is -6.67. The van der Waals surface area contributed by atoms with E-state index in [4.69, 9.17) is 56.8 Å². The number of fused-ring (bicyclic) bond motifs is 5. The molecule has 4 aliphatic carbocycles. The van der Waals surface area contributed by atoms with Gasteiger partial charge in [0.2, 0.25) is 0 Å². The lowest BCUT2D eigenvalue weighted by atomic mass is 9.40. The van der Waals surface area contributed by atoms with Crippen molar-refractivity contribution in [1.82, 2.24) is 0 Å². The highest BCUT2D eigenvalue weighted by molar-refractivity contribution is 5.90. The zero-order valence-corrected chi connectivity index (χ0v) is 44.9. The van der Waals surface area contributed by atoms with Gasteiger partial charge in [-0.25, -0.2) is 4.79 Å². The fourth-order valence-electron chi connectivity index (χ4n) is 15.2. The molecule has 8 fully saturated rings. The van der Waals surface area contributed by atoms with E-state index in [1.165, 1.54) is 6.92 Å². The lowest BCUT2D eigenvalue weighted by molar-refractivity contribution is -0.348. The van der Waals surface area contributed by atoms with Crippen LogP contribution in [0.4, 0.5) is 0 Å². The van der Waals surface area contributed by atoms with Gasteiger partial charge < -0.3 is 82.4 Å². The van der Waals surface area contributed by atoms with Crippen LogP contribution in [-0.4, -0.2) is 186 Å². The molecule has 1 aromatic carbocycles. The summed E-state index contributed by atoms with van der Waals surface area (Å²) in [4.78, 5) is 27.0. The number of ketones is 1. The van der Waals surface area contributed by atoms with E-state index in [1.54, 1.807) is 65.5 Å². The molecule has 8 aliphatic rings. The smallest absolute Gasteiger partial charge is 0.338 e. The molecule has 0 unspecified atom stereocenters. The monoisotopic (exact) mass is 1050 g/mol. The first-order chi connectivity index (χ1) is 35.0. The average Bonchev–Trinajstić information content (AvgIpc) is 3.60. The van der Waals surface area contributed by atoms with Crippen molar-refractivity contribution >= 4 is 11.8 Å². The number of rotatable bonds is 14. The minimum Gasteiger partial charge on any atom is -0.458 e. The van der Waals surface area contributed by atoms with E-state index in [0.717, 1.165) is 0 Å². The molecule has 5 N–H and O–H groups in total. The summed E-state index contributed by atoms with van der Waals surface area (Å²) >= 11 is 0. The van der Waals surface area contributed by atoms with Crippen LogP contribution in [0, 0.1) is 22.7 Å². The Morgan fingerprint density at radius 1 is 0.608 bits per heavy atom. The minimum absolute atomic E-state index is 0.0268. The van der Waals surface area contributed by atoms with Crippen molar-refractivity contribution in [3.05, 3.63) is 35.9 Å². The molecule has 19 heteroatoms. The van der Waals surface area contributed by atoms with Crippen LogP contribution in [-0.2, 0) is 61.6 Å². The Kier molecular flexibility index (Phi) is 16.6. The molecular weight excluding hydrogens is 965 g/mol. The lowest BCUT2D eigenvalue weighted by Gasteiger charge is -2.69. The van der Waals surface area contributed by atoms with Gasteiger partial charge in [-0.1, -0.05) is 25.1 Å². The summed E-state index contributed by atoms with van der Waals surface area (Å²) in [6, 6.07) is 8.52. The van der Waals surface area contributed by atoms with Crippen LogP contribution < -0.4 is 0 Å². The molecule has 0 spiro atoms. The van der Waals surface area contributed by atoms with E-state index in [1.807, 2.05) is 20.8 Å². The number of aliphatic hydroxyl groups is 5. The molecule has 4 saturated heterocycles. The van der Waals surface area contributed by atoms with Gasteiger partial charge in [0.25, 0.3) is 0 Å². The van der Waals surface area contributed by atoms with E-state index in [9.17, 15) is 35.1 Å². The zero-order chi connectivity index (χ0) is 53.3. The van der Waals surface area contributed by atoms with Crippen molar-refractivity contribution < 1.29 is 92.0 Å². The van der Waals surface area contributed by atoms with Crippen LogP contribution in [0.3, 0.4) is 0 Å². The molecule has 74 heavy (non-hydrogen) atoms. The molecule has 4 heterocycles. The van der Waals surface area contributed by atoms with Crippen molar-refractivity contribution in [2.45, 2.75) is 253 Å². The first-order valence-electron chi connectivity index (χ1n) is 27.2. The molecule has 9 rings (SSSR count). The second-order valence-corrected chi connectivity index (χ2v) is 23.4. The van der Waals surface area contributed by atoms with Crippen LogP contribution in [0.1, 0.15) is 136 Å². The average molecular weight is 1050 g/mol. The van der Waals surface area contributed by atoms with E-state index >= 15 is 0 Å². The van der Waals surface area contributed by atoms with Crippen LogP contribution in [0.5, 0.6) is 0 Å². The first-order valence-corrected chi connectivity index (χ1v) is 27.2. The van der Waals surface area contributed by atoms with E-state index < -0.39 is 144 Å². The van der Waals surface area contributed by atoms with Gasteiger partial charge in [0.15, 0.2) is 30.9 Å². The van der Waals surface area contributed by atoms with Gasteiger partial charge in [-0.3, -0.25) is 4.79 Å². The van der Waals surface area contributed by atoms with Crippen molar-refractivity contribution in [2.75, 3.05) is 21.3 Å². The number of Topliss-reactive ketones (excluding diaryl/α,β-unsaturated/α-hetero) is 1. The second-order valence-electron chi connectivity index (χ2n) is 23.4. The number of carbonyl (C=O) groups excluding carboxylic acids is 2. The number of ether oxygens (including phenoxy) is 12. The number of aliphatic hydroxyl groups excluding tert-OH is 2. The van der Waals surface area contributed by atoms with Crippen LogP contribution in [0.15, 0.2) is 30.3 Å². The maximum Gasteiger partial charge on any atom is 0.338 e. The molecule has 19 nitrogen and oxygen atoms in total. The normalized spacial score (nSPS) is 50.5. The summed E-state index contributed by atoms with van der Waals surface area (Å²) in [5.41, 5.74) is -7.52. The largest absolute Gasteiger partial charge is 0.458 e. The van der Waals surface area contributed by atoms with Crippen molar-refractivity contribution in [3.63, 3.8) is 0 Å². The van der Waals surface area contributed by atoms with Gasteiger partial charge in [-0.05, 0) is 122 Å². The molecular formula is C55H84O19. The first kappa shape index (κ1) is 56.4. The second kappa shape index (κ2) is 21.7.